The largest absolute Gasteiger partial charge is 0.405 e. The molecule has 9 heteroatoms. The Kier molecular flexibility index (Phi) is 5.76. The van der Waals surface area contributed by atoms with Crippen molar-refractivity contribution < 1.29 is 27.2 Å². The van der Waals surface area contributed by atoms with Crippen LogP contribution < -0.4 is 10.6 Å². The van der Waals surface area contributed by atoms with Gasteiger partial charge in [0.2, 0.25) is 5.91 Å². The fraction of sp³-hybridized carbons (Fsp3) is 0.467. The number of carbonyl (C=O) groups is 2. The van der Waals surface area contributed by atoms with Crippen LogP contribution >= 0.6 is 0 Å². The van der Waals surface area contributed by atoms with E-state index >= 15 is 0 Å². The second kappa shape index (κ2) is 7.61. The van der Waals surface area contributed by atoms with Gasteiger partial charge in [-0.1, -0.05) is 12.1 Å². The molecule has 1 aromatic rings. The zero-order valence-corrected chi connectivity index (χ0v) is 12.7. The van der Waals surface area contributed by atoms with Crippen molar-refractivity contribution in [2.24, 2.45) is 0 Å². The average Bonchev–Trinajstić information content (AvgIpc) is 3.30. The maximum atomic E-state index is 12.9. The molecule has 0 unspecified atom stereocenters. The van der Waals surface area contributed by atoms with Crippen LogP contribution in [-0.2, 0) is 11.3 Å². The molecule has 1 saturated carbocycles. The molecule has 0 radical (unpaired) electrons. The van der Waals surface area contributed by atoms with E-state index < -0.39 is 24.7 Å². The summed E-state index contributed by atoms with van der Waals surface area (Å²) in [5, 5.41) is 3.44. The molecule has 2 rings (SSSR count). The summed E-state index contributed by atoms with van der Waals surface area (Å²) in [5.41, 5.74) is 0.803. The number of nitrogens with one attached hydrogen (secondary N) is 2. The second-order valence-electron chi connectivity index (χ2n) is 5.61. The van der Waals surface area contributed by atoms with Crippen molar-refractivity contribution in [3.63, 3.8) is 0 Å². The van der Waals surface area contributed by atoms with Crippen LogP contribution in [0.1, 0.15) is 18.4 Å². The van der Waals surface area contributed by atoms with Gasteiger partial charge in [-0.25, -0.2) is 9.18 Å². The van der Waals surface area contributed by atoms with Crippen LogP contribution in [0, 0.1) is 5.82 Å². The molecule has 1 aromatic carbocycles. The molecule has 0 spiro atoms. The monoisotopic (exact) mass is 347 g/mol. The number of halogens is 4. The van der Waals surface area contributed by atoms with E-state index in [0.717, 1.165) is 18.4 Å². The molecule has 0 saturated heterocycles. The summed E-state index contributed by atoms with van der Waals surface area (Å²) in [5.74, 6) is -1.06. The standard InChI is InChI=1S/C15H17F4N3O2/c16-11-3-1-10(2-4-11)7-22(12-5-6-12)8-13(23)21-14(24)20-9-15(17,18)19/h1-4,12H,5-9H2,(H2,20,21,23,24). The number of amides is 3. The van der Waals surface area contributed by atoms with Crippen molar-refractivity contribution in [3.05, 3.63) is 35.6 Å². The lowest BCUT2D eigenvalue weighted by atomic mass is 10.2. The Balaban J connectivity index is 1.83. The van der Waals surface area contributed by atoms with Crippen LogP contribution in [-0.4, -0.2) is 42.1 Å². The number of rotatable bonds is 6. The van der Waals surface area contributed by atoms with Gasteiger partial charge in [0.05, 0.1) is 6.54 Å². The van der Waals surface area contributed by atoms with Gasteiger partial charge in [0.15, 0.2) is 0 Å². The lowest BCUT2D eigenvalue weighted by molar-refractivity contribution is -0.125. The van der Waals surface area contributed by atoms with Crippen LogP contribution in [0.15, 0.2) is 24.3 Å². The van der Waals surface area contributed by atoms with Gasteiger partial charge in [0.25, 0.3) is 0 Å². The first-order valence-electron chi connectivity index (χ1n) is 7.36. The minimum absolute atomic E-state index is 0.124. The quantitative estimate of drug-likeness (QED) is 0.776. The molecule has 132 valence electrons. The molecule has 0 atom stereocenters. The molecule has 0 heterocycles. The molecular formula is C15H17F4N3O2. The Hall–Kier alpha value is -2.16. The van der Waals surface area contributed by atoms with Crippen molar-refractivity contribution in [3.8, 4) is 0 Å². The number of urea groups is 1. The minimum atomic E-state index is -4.54. The van der Waals surface area contributed by atoms with E-state index in [-0.39, 0.29) is 18.4 Å². The third-order valence-electron chi connectivity index (χ3n) is 3.41. The number of nitrogens with zero attached hydrogens (tertiary/aromatic N) is 1. The summed E-state index contributed by atoms with van der Waals surface area (Å²) in [4.78, 5) is 24.9. The Morgan fingerprint density at radius 2 is 1.79 bits per heavy atom. The second-order valence-corrected chi connectivity index (χ2v) is 5.61. The van der Waals surface area contributed by atoms with Crippen LogP contribution in [0.4, 0.5) is 22.4 Å². The van der Waals surface area contributed by atoms with Gasteiger partial charge in [-0.2, -0.15) is 13.2 Å². The first-order chi connectivity index (χ1) is 11.2. The van der Waals surface area contributed by atoms with Gasteiger partial charge < -0.3 is 5.32 Å². The summed E-state index contributed by atoms with van der Waals surface area (Å²) in [6.45, 7) is -1.24. The number of hydrogen-bond donors (Lipinski definition) is 2. The van der Waals surface area contributed by atoms with E-state index in [1.165, 1.54) is 12.1 Å². The number of imide groups is 1. The molecule has 5 nitrogen and oxygen atoms in total. The molecule has 2 N–H and O–H groups in total. The smallest absolute Gasteiger partial charge is 0.329 e. The van der Waals surface area contributed by atoms with Gasteiger partial charge in [0.1, 0.15) is 12.4 Å². The SMILES string of the molecule is O=C(CN(Cc1ccc(F)cc1)C1CC1)NC(=O)NCC(F)(F)F. The Bertz CT molecular complexity index is 585. The highest BCUT2D eigenvalue weighted by atomic mass is 19.4. The Labute approximate surface area is 136 Å². The molecule has 1 fully saturated rings. The molecule has 1 aliphatic rings. The molecule has 3 amide bonds. The lowest BCUT2D eigenvalue weighted by Crippen LogP contribution is -2.47. The molecule has 0 aromatic heterocycles. The topological polar surface area (TPSA) is 61.4 Å². The van der Waals surface area contributed by atoms with Gasteiger partial charge in [-0.15, -0.1) is 0 Å². The van der Waals surface area contributed by atoms with E-state index in [2.05, 4.69) is 0 Å². The predicted octanol–water partition coefficient (Wildman–Crippen LogP) is 2.18. The maximum absolute atomic E-state index is 12.9. The van der Waals surface area contributed by atoms with Crippen molar-refractivity contribution in [1.82, 2.24) is 15.5 Å². The van der Waals surface area contributed by atoms with Crippen LogP contribution in [0.3, 0.4) is 0 Å². The van der Waals surface area contributed by atoms with Crippen molar-refractivity contribution >= 4 is 11.9 Å². The highest BCUT2D eigenvalue weighted by Crippen LogP contribution is 2.28. The van der Waals surface area contributed by atoms with Gasteiger partial charge >= 0.3 is 12.2 Å². The Morgan fingerprint density at radius 3 is 2.33 bits per heavy atom. The summed E-state index contributed by atoms with van der Waals surface area (Å²) >= 11 is 0. The highest BCUT2D eigenvalue weighted by Gasteiger charge is 2.31. The highest BCUT2D eigenvalue weighted by molar-refractivity contribution is 5.95. The summed E-state index contributed by atoms with van der Waals surface area (Å²) in [7, 11) is 0. The fourth-order valence-electron chi connectivity index (χ4n) is 2.15. The van der Waals surface area contributed by atoms with E-state index in [1.807, 2.05) is 5.32 Å². The van der Waals surface area contributed by atoms with Crippen molar-refractivity contribution in [2.45, 2.75) is 31.6 Å². The van der Waals surface area contributed by atoms with E-state index in [0.29, 0.717) is 6.54 Å². The van der Waals surface area contributed by atoms with Gasteiger partial charge in [0, 0.05) is 12.6 Å². The number of carbonyl (C=O) groups excluding carboxylic acids is 2. The third-order valence-corrected chi connectivity index (χ3v) is 3.41. The summed E-state index contributed by atoms with van der Waals surface area (Å²) in [6.07, 6.45) is -2.74. The number of hydrogen-bond acceptors (Lipinski definition) is 3. The van der Waals surface area contributed by atoms with E-state index in [4.69, 9.17) is 0 Å². The predicted molar refractivity (Wildman–Crippen MR) is 77.4 cm³/mol. The molecule has 0 aliphatic heterocycles. The first kappa shape index (κ1) is 18.2. The molecule has 1 aliphatic carbocycles. The van der Waals surface area contributed by atoms with Crippen LogP contribution in [0.25, 0.3) is 0 Å². The summed E-state index contributed by atoms with van der Waals surface area (Å²) in [6, 6.07) is 4.81. The van der Waals surface area contributed by atoms with Gasteiger partial charge in [-0.05, 0) is 30.5 Å². The van der Waals surface area contributed by atoms with E-state index in [1.54, 1.807) is 22.3 Å². The lowest BCUT2D eigenvalue weighted by Gasteiger charge is -2.21. The average molecular weight is 347 g/mol. The normalized spacial score (nSPS) is 14.5. The third kappa shape index (κ3) is 6.53. The summed E-state index contributed by atoms with van der Waals surface area (Å²) < 4.78 is 48.9. The fourth-order valence-corrected chi connectivity index (χ4v) is 2.15. The zero-order valence-electron chi connectivity index (χ0n) is 12.7. The van der Waals surface area contributed by atoms with Crippen LogP contribution in [0.5, 0.6) is 0 Å². The van der Waals surface area contributed by atoms with Gasteiger partial charge in [-0.3, -0.25) is 15.0 Å². The minimum Gasteiger partial charge on any atom is -0.329 e. The zero-order chi connectivity index (χ0) is 17.7. The van der Waals surface area contributed by atoms with E-state index in [9.17, 15) is 27.2 Å². The Morgan fingerprint density at radius 1 is 1.17 bits per heavy atom. The van der Waals surface area contributed by atoms with Crippen LogP contribution in [0.2, 0.25) is 0 Å². The molecular weight excluding hydrogens is 330 g/mol. The maximum Gasteiger partial charge on any atom is 0.405 e. The first-order valence-corrected chi connectivity index (χ1v) is 7.36. The molecule has 0 bridgehead atoms. The molecule has 24 heavy (non-hydrogen) atoms. The van der Waals surface area contributed by atoms with Crippen molar-refractivity contribution in [2.75, 3.05) is 13.1 Å². The number of benzene rings is 1. The van der Waals surface area contributed by atoms with Crippen molar-refractivity contribution in [1.29, 1.82) is 0 Å². The number of alkyl halides is 3.